The third-order valence-corrected chi connectivity index (χ3v) is 5.19. The van der Waals surface area contributed by atoms with Crippen molar-refractivity contribution in [3.63, 3.8) is 0 Å². The predicted octanol–water partition coefficient (Wildman–Crippen LogP) is 2.50. The van der Waals surface area contributed by atoms with Crippen molar-refractivity contribution < 1.29 is 0 Å². The first-order valence-electron chi connectivity index (χ1n) is 7.75. The molecule has 0 bridgehead atoms. The van der Waals surface area contributed by atoms with Crippen molar-refractivity contribution in [1.82, 2.24) is 10.2 Å². The Morgan fingerprint density at radius 1 is 1.18 bits per heavy atom. The molecule has 2 nitrogen and oxygen atoms in total. The molecule has 1 saturated heterocycles. The van der Waals surface area contributed by atoms with E-state index in [0.29, 0.717) is 0 Å². The van der Waals surface area contributed by atoms with Crippen molar-refractivity contribution in [2.75, 3.05) is 32.7 Å². The third-order valence-electron chi connectivity index (χ3n) is 5.19. The van der Waals surface area contributed by atoms with Gasteiger partial charge in [0.25, 0.3) is 0 Å². The van der Waals surface area contributed by atoms with Gasteiger partial charge < -0.3 is 10.2 Å². The lowest BCUT2D eigenvalue weighted by Crippen LogP contribution is -2.34. The van der Waals surface area contributed by atoms with Gasteiger partial charge in [-0.05, 0) is 75.4 Å². The molecule has 1 heterocycles. The lowest BCUT2D eigenvalue weighted by Gasteiger charge is -2.27. The summed E-state index contributed by atoms with van der Waals surface area (Å²) < 4.78 is 0. The van der Waals surface area contributed by atoms with Crippen molar-refractivity contribution in [1.29, 1.82) is 0 Å². The molecule has 0 aromatic carbocycles. The molecule has 1 spiro atoms. The number of hydrogen-bond donors (Lipinski definition) is 1. The minimum atomic E-state index is 0.779. The summed E-state index contributed by atoms with van der Waals surface area (Å²) >= 11 is 0. The lowest BCUT2D eigenvalue weighted by atomic mass is 9.92. The van der Waals surface area contributed by atoms with E-state index in [4.69, 9.17) is 0 Å². The molecule has 2 aliphatic carbocycles. The van der Waals surface area contributed by atoms with E-state index in [9.17, 15) is 0 Å². The van der Waals surface area contributed by atoms with E-state index in [1.54, 1.807) is 0 Å². The molecule has 98 valence electrons. The van der Waals surface area contributed by atoms with Gasteiger partial charge in [-0.1, -0.05) is 6.92 Å². The number of rotatable bonds is 6. The molecule has 1 aliphatic heterocycles. The maximum absolute atomic E-state index is 3.51. The van der Waals surface area contributed by atoms with Crippen LogP contribution in [0.2, 0.25) is 0 Å². The fourth-order valence-corrected chi connectivity index (χ4v) is 3.78. The van der Waals surface area contributed by atoms with Crippen LogP contribution in [0.3, 0.4) is 0 Å². The summed E-state index contributed by atoms with van der Waals surface area (Å²) in [6.07, 6.45) is 8.75. The molecule has 2 saturated carbocycles. The smallest absolute Gasteiger partial charge is 0.00153 e. The van der Waals surface area contributed by atoms with E-state index in [1.807, 2.05) is 0 Å². The molecule has 1 atom stereocenters. The molecule has 0 aromatic rings. The van der Waals surface area contributed by atoms with E-state index >= 15 is 0 Å². The van der Waals surface area contributed by atoms with Gasteiger partial charge in [0.2, 0.25) is 0 Å². The van der Waals surface area contributed by atoms with Crippen LogP contribution in [-0.4, -0.2) is 37.6 Å². The maximum Gasteiger partial charge on any atom is 0.00153 e. The average molecular weight is 236 g/mol. The average Bonchev–Trinajstić information content (AvgIpc) is 3.22. The third kappa shape index (κ3) is 2.85. The number of piperidine rings is 1. The van der Waals surface area contributed by atoms with Gasteiger partial charge in [0.05, 0.1) is 0 Å². The van der Waals surface area contributed by atoms with E-state index < -0.39 is 0 Å². The fraction of sp³-hybridized carbons (Fsp3) is 1.00. The zero-order valence-electron chi connectivity index (χ0n) is 11.4. The molecule has 1 unspecified atom stereocenters. The highest BCUT2D eigenvalue weighted by atomic mass is 15.1. The van der Waals surface area contributed by atoms with Gasteiger partial charge in [-0.2, -0.15) is 0 Å². The first-order chi connectivity index (χ1) is 8.32. The Hall–Kier alpha value is -0.0800. The van der Waals surface area contributed by atoms with Crippen LogP contribution in [0.4, 0.5) is 0 Å². The molecule has 17 heavy (non-hydrogen) atoms. The van der Waals surface area contributed by atoms with E-state index in [1.165, 1.54) is 71.2 Å². The highest BCUT2D eigenvalue weighted by Gasteiger charge is 2.53. The quantitative estimate of drug-likeness (QED) is 0.762. The summed E-state index contributed by atoms with van der Waals surface area (Å²) in [5.74, 6) is 2.10. The van der Waals surface area contributed by atoms with Crippen LogP contribution in [0.15, 0.2) is 0 Å². The van der Waals surface area contributed by atoms with Gasteiger partial charge in [0.1, 0.15) is 0 Å². The Bertz CT molecular complexity index is 254. The first-order valence-corrected chi connectivity index (χ1v) is 7.75. The van der Waals surface area contributed by atoms with Gasteiger partial charge >= 0.3 is 0 Å². The minimum absolute atomic E-state index is 0.779. The molecule has 0 aromatic heterocycles. The second-order valence-corrected chi connectivity index (χ2v) is 6.72. The van der Waals surface area contributed by atoms with Crippen molar-refractivity contribution in [2.45, 2.75) is 45.4 Å². The zero-order chi connectivity index (χ0) is 11.7. The van der Waals surface area contributed by atoms with E-state index in [2.05, 4.69) is 17.1 Å². The van der Waals surface area contributed by atoms with Crippen LogP contribution in [-0.2, 0) is 0 Å². The van der Waals surface area contributed by atoms with Crippen LogP contribution in [0, 0.1) is 17.3 Å². The van der Waals surface area contributed by atoms with Gasteiger partial charge in [-0.25, -0.2) is 0 Å². The summed E-state index contributed by atoms with van der Waals surface area (Å²) in [6, 6.07) is 0. The zero-order valence-corrected chi connectivity index (χ0v) is 11.4. The normalized spacial score (nSPS) is 31.1. The van der Waals surface area contributed by atoms with Gasteiger partial charge in [-0.3, -0.25) is 0 Å². The Kier molecular flexibility index (Phi) is 3.45. The Balaban J connectivity index is 1.47. The number of nitrogens with one attached hydrogen (secondary N) is 1. The van der Waals surface area contributed by atoms with E-state index in [0.717, 1.165) is 17.3 Å². The molecule has 3 aliphatic rings. The maximum atomic E-state index is 3.51. The number of nitrogens with zero attached hydrogens (tertiary/aromatic N) is 1. The minimum Gasteiger partial charge on any atom is -0.317 e. The molecular formula is C15H28N2. The van der Waals surface area contributed by atoms with Crippen molar-refractivity contribution >= 4 is 0 Å². The van der Waals surface area contributed by atoms with Gasteiger partial charge in [-0.15, -0.1) is 0 Å². The predicted molar refractivity (Wildman–Crippen MR) is 72.1 cm³/mol. The van der Waals surface area contributed by atoms with E-state index in [-0.39, 0.29) is 0 Å². The molecule has 1 N–H and O–H groups in total. The molecule has 0 amide bonds. The summed E-state index contributed by atoms with van der Waals surface area (Å²) in [5, 5.41) is 3.51. The Morgan fingerprint density at radius 3 is 2.59 bits per heavy atom. The Morgan fingerprint density at radius 2 is 1.94 bits per heavy atom. The van der Waals surface area contributed by atoms with Crippen LogP contribution >= 0.6 is 0 Å². The standard InChI is InChI=1S/C15H28N2/c1-2-9-17(11-13-3-4-13)12-14-10-15(14)5-7-16-8-6-15/h13-14,16H,2-12H2,1H3. The second-order valence-electron chi connectivity index (χ2n) is 6.72. The van der Waals surface area contributed by atoms with Crippen LogP contribution < -0.4 is 5.32 Å². The first kappa shape index (κ1) is 12.0. The van der Waals surface area contributed by atoms with Crippen LogP contribution in [0.25, 0.3) is 0 Å². The second kappa shape index (κ2) is 4.89. The molecule has 3 rings (SSSR count). The number of hydrogen-bond acceptors (Lipinski definition) is 2. The van der Waals surface area contributed by atoms with Crippen LogP contribution in [0.5, 0.6) is 0 Å². The SMILES string of the molecule is CCCN(CC1CC1)CC1CC12CCNCC2. The topological polar surface area (TPSA) is 15.3 Å². The van der Waals surface area contributed by atoms with Crippen molar-refractivity contribution in [3.05, 3.63) is 0 Å². The van der Waals surface area contributed by atoms with Crippen LogP contribution in [0.1, 0.15) is 45.4 Å². The summed E-state index contributed by atoms with van der Waals surface area (Å²) in [7, 11) is 0. The van der Waals surface area contributed by atoms with Gasteiger partial charge in [0, 0.05) is 13.1 Å². The monoisotopic (exact) mass is 236 g/mol. The lowest BCUT2D eigenvalue weighted by molar-refractivity contribution is 0.222. The Labute approximate surface area is 106 Å². The summed E-state index contributed by atoms with van der Waals surface area (Å²) in [4.78, 5) is 2.78. The van der Waals surface area contributed by atoms with Gasteiger partial charge in [0.15, 0.2) is 0 Å². The summed E-state index contributed by atoms with van der Waals surface area (Å²) in [6.45, 7) is 9.01. The molecule has 2 heteroatoms. The highest BCUT2D eigenvalue weighted by molar-refractivity contribution is 5.05. The summed E-state index contributed by atoms with van der Waals surface area (Å²) in [5.41, 5.74) is 0.779. The molecule has 3 fully saturated rings. The molecular weight excluding hydrogens is 208 g/mol. The fourth-order valence-electron chi connectivity index (χ4n) is 3.78. The molecule has 0 radical (unpaired) electrons. The highest BCUT2D eigenvalue weighted by Crippen LogP contribution is 2.58. The van der Waals surface area contributed by atoms with Crippen molar-refractivity contribution in [3.8, 4) is 0 Å². The van der Waals surface area contributed by atoms with Crippen molar-refractivity contribution in [2.24, 2.45) is 17.3 Å². The largest absolute Gasteiger partial charge is 0.317 e.